The van der Waals surface area contributed by atoms with Gasteiger partial charge in [-0.25, -0.2) is 0 Å². The summed E-state index contributed by atoms with van der Waals surface area (Å²) in [5, 5.41) is 0. The van der Waals surface area contributed by atoms with Crippen LogP contribution in [0.1, 0.15) is 78.1 Å². The van der Waals surface area contributed by atoms with Gasteiger partial charge in [-0.3, -0.25) is 0 Å². The van der Waals surface area contributed by atoms with Crippen molar-refractivity contribution in [3.63, 3.8) is 0 Å². The van der Waals surface area contributed by atoms with Gasteiger partial charge in [0, 0.05) is 11.8 Å². The highest BCUT2D eigenvalue weighted by molar-refractivity contribution is 5.87. The monoisotopic (exact) mass is 506 g/mol. The van der Waals surface area contributed by atoms with Crippen molar-refractivity contribution in [3.05, 3.63) is 178 Å². The molecule has 2 aliphatic carbocycles. The Bertz CT molecular complexity index is 2870. The van der Waals surface area contributed by atoms with Crippen LogP contribution >= 0.6 is 0 Å². The molecule has 0 heteroatoms. The minimum Gasteiger partial charge on any atom is -0.0622 e. The lowest BCUT2D eigenvalue weighted by atomic mass is 9.88. The molecule has 0 aromatic heterocycles. The van der Waals surface area contributed by atoms with Gasteiger partial charge in [0.1, 0.15) is 0 Å². The molecule has 0 spiro atoms. The average Bonchev–Trinajstić information content (AvgIpc) is 3.78. The van der Waals surface area contributed by atoms with Crippen LogP contribution in [-0.2, 0) is 0 Å². The summed E-state index contributed by atoms with van der Waals surface area (Å²) in [6, 6.07) is -19.3. The maximum Gasteiger partial charge on any atom is 0.0636 e. The molecule has 0 N–H and O–H groups in total. The zero-order chi connectivity index (χ0) is 45.9. The summed E-state index contributed by atoms with van der Waals surface area (Å²) in [7, 11) is 0. The number of hydrogen-bond acceptors (Lipinski definition) is 0. The van der Waals surface area contributed by atoms with Crippen LogP contribution in [0.25, 0.3) is 33.4 Å². The Labute approximate surface area is 257 Å². The molecule has 2 aliphatic rings. The van der Waals surface area contributed by atoms with Crippen LogP contribution in [-0.4, -0.2) is 0 Å². The highest BCUT2D eigenvalue weighted by Gasteiger charge is 2.31. The maximum atomic E-state index is 9.63. The first-order valence-corrected chi connectivity index (χ1v) is 11.5. The van der Waals surface area contributed by atoms with Crippen LogP contribution < -0.4 is 0 Å². The van der Waals surface area contributed by atoms with Crippen LogP contribution in [0.3, 0.4) is 0 Å². The van der Waals surface area contributed by atoms with E-state index in [1.807, 2.05) is 0 Å². The van der Waals surface area contributed by atoms with Gasteiger partial charge in [0.15, 0.2) is 0 Å². The lowest BCUT2D eigenvalue weighted by Gasteiger charge is -2.15. The van der Waals surface area contributed by atoms with Crippen LogP contribution in [0.15, 0.2) is 145 Å². The van der Waals surface area contributed by atoms with E-state index in [1.165, 1.54) is 0 Å². The fraction of sp³-hybridized carbons (Fsp3) is 0.0526. The second-order valence-corrected chi connectivity index (χ2v) is 8.60. The molecule has 0 nitrogen and oxygen atoms in total. The molecule has 2 unspecified atom stereocenters. The Kier molecular flexibility index (Phi) is 1.87. The standard InChI is InChI=1S/C38H26/c1-3-11-25(12-4-1)37-31-17-9-7-15-29(31)35-23-27(19-21-33(35)37)28-20-22-34-36(24-28)30-16-8-10-18-32(30)38(34)26-13-5-2-6-14-26/h1-24,37-38H/i1D,2D,3D,4D,5D,6D,7D,8D,9D,10D,11D,12D,13D,14D,15D,16D,17D,18D,19D,20D,21D,22D,23D,24D. The molecule has 0 saturated carbocycles. The predicted molar refractivity (Wildman–Crippen MR) is 158 cm³/mol. The third-order valence-corrected chi connectivity index (χ3v) is 6.64. The fourth-order valence-corrected chi connectivity index (χ4v) is 5.05. The van der Waals surface area contributed by atoms with Crippen molar-refractivity contribution in [1.82, 2.24) is 0 Å². The topological polar surface area (TPSA) is 0 Å². The Morgan fingerprint density at radius 2 is 0.711 bits per heavy atom. The molecule has 38 heavy (non-hydrogen) atoms. The van der Waals surface area contributed by atoms with Crippen LogP contribution in [0.2, 0.25) is 0 Å². The zero-order valence-electron chi connectivity index (χ0n) is 43.2. The first-order valence-electron chi connectivity index (χ1n) is 23.5. The maximum absolute atomic E-state index is 9.63. The normalized spacial score (nSPS) is 25.3. The highest BCUT2D eigenvalue weighted by Crippen LogP contribution is 2.51. The van der Waals surface area contributed by atoms with Crippen LogP contribution in [0.4, 0.5) is 0 Å². The van der Waals surface area contributed by atoms with E-state index >= 15 is 0 Å². The first kappa shape index (κ1) is 8.41. The molecule has 0 saturated heterocycles. The Balaban J connectivity index is 1.54. The van der Waals surface area contributed by atoms with Gasteiger partial charge in [0.05, 0.1) is 32.9 Å². The number of hydrogen-bond donors (Lipinski definition) is 0. The van der Waals surface area contributed by atoms with E-state index < -0.39 is 212 Å². The lowest BCUT2D eigenvalue weighted by molar-refractivity contribution is 1.01. The van der Waals surface area contributed by atoms with Crippen molar-refractivity contribution in [1.29, 1.82) is 0 Å². The molecular formula is C38H26. The third-order valence-electron chi connectivity index (χ3n) is 6.64. The summed E-state index contributed by atoms with van der Waals surface area (Å²) >= 11 is 0. The van der Waals surface area contributed by atoms with Gasteiger partial charge in [0.2, 0.25) is 0 Å². The van der Waals surface area contributed by atoms with Crippen molar-refractivity contribution < 1.29 is 32.9 Å². The van der Waals surface area contributed by atoms with Gasteiger partial charge in [-0.15, -0.1) is 0 Å². The Morgan fingerprint density at radius 1 is 0.342 bits per heavy atom. The SMILES string of the molecule is [2H]c1c([2H])c([2H])c(C2c3c([2H])c([2H])c([2H])c([2H])c3-c3c([2H])c(-c4c([2H])c([2H])c5c(c4[2H])-c4c([2H])c([2H])c([2H])c([2H])c4C5c4c([2H])c([2H])c([2H])c([2H])c4[2H])c([2H])c([2H])c32)c([2H])c1[2H]. The highest BCUT2D eigenvalue weighted by atomic mass is 14.3. The summed E-state index contributed by atoms with van der Waals surface area (Å²) in [5.74, 6) is -3.47. The lowest BCUT2D eigenvalue weighted by Crippen LogP contribution is -1.99. The number of benzene rings is 6. The smallest absolute Gasteiger partial charge is 0.0622 e. The van der Waals surface area contributed by atoms with Gasteiger partial charge in [-0.1, -0.05) is 133 Å². The second-order valence-electron chi connectivity index (χ2n) is 8.60. The molecule has 8 rings (SSSR count). The molecule has 0 amide bonds. The van der Waals surface area contributed by atoms with E-state index in [2.05, 4.69) is 0 Å². The second kappa shape index (κ2) is 8.43. The largest absolute Gasteiger partial charge is 0.0636 e. The average molecular weight is 507 g/mol. The Morgan fingerprint density at radius 3 is 1.16 bits per heavy atom. The quantitative estimate of drug-likeness (QED) is 0.224. The van der Waals surface area contributed by atoms with Gasteiger partial charge in [-0.2, -0.15) is 0 Å². The molecule has 0 radical (unpaired) electrons. The minimum atomic E-state index is -1.73. The van der Waals surface area contributed by atoms with Crippen molar-refractivity contribution in [2.24, 2.45) is 0 Å². The van der Waals surface area contributed by atoms with E-state index in [4.69, 9.17) is 24.7 Å². The molecule has 2 atom stereocenters. The third kappa shape index (κ3) is 3.17. The molecule has 6 aromatic rings. The summed E-state index contributed by atoms with van der Waals surface area (Å²) in [5.41, 5.74) is -5.74. The van der Waals surface area contributed by atoms with Crippen molar-refractivity contribution >= 4 is 0 Å². The summed E-state index contributed by atoms with van der Waals surface area (Å²) in [4.78, 5) is 0. The van der Waals surface area contributed by atoms with Crippen molar-refractivity contribution in [2.45, 2.75) is 11.8 Å². The fourth-order valence-electron chi connectivity index (χ4n) is 5.05. The minimum absolute atomic E-state index is 0.373. The van der Waals surface area contributed by atoms with Gasteiger partial charge in [-0.05, 0) is 78.8 Å². The van der Waals surface area contributed by atoms with E-state index in [1.54, 1.807) is 0 Å². The number of fused-ring (bicyclic) bond motifs is 6. The van der Waals surface area contributed by atoms with Crippen LogP contribution in [0, 0.1) is 0 Å². The molecule has 0 aliphatic heterocycles. The first-order chi connectivity index (χ1) is 28.9. The van der Waals surface area contributed by atoms with Gasteiger partial charge >= 0.3 is 0 Å². The predicted octanol–water partition coefficient (Wildman–Crippen LogP) is 9.67. The van der Waals surface area contributed by atoms with E-state index in [-0.39, 0.29) is 11.1 Å². The summed E-state index contributed by atoms with van der Waals surface area (Å²) in [6.07, 6.45) is 0. The van der Waals surface area contributed by atoms with Crippen molar-refractivity contribution in [2.75, 3.05) is 0 Å². The van der Waals surface area contributed by atoms with E-state index in [0.29, 0.717) is 0 Å². The van der Waals surface area contributed by atoms with E-state index in [9.17, 15) is 8.22 Å². The number of rotatable bonds is 3. The van der Waals surface area contributed by atoms with Gasteiger partial charge < -0.3 is 0 Å². The summed E-state index contributed by atoms with van der Waals surface area (Å²) < 4.78 is 211. The zero-order valence-corrected chi connectivity index (χ0v) is 19.2. The molecule has 0 bridgehead atoms. The molecule has 178 valence electrons. The van der Waals surface area contributed by atoms with Crippen molar-refractivity contribution in [3.8, 4) is 33.4 Å². The molecule has 0 heterocycles. The molecule has 6 aromatic carbocycles. The van der Waals surface area contributed by atoms with Gasteiger partial charge in [0.25, 0.3) is 0 Å². The summed E-state index contributed by atoms with van der Waals surface area (Å²) in [6.45, 7) is 0. The Hall–Kier alpha value is -4.68. The van der Waals surface area contributed by atoms with E-state index in [0.717, 1.165) is 0 Å². The van der Waals surface area contributed by atoms with Crippen LogP contribution in [0.5, 0.6) is 0 Å². The molecule has 0 fully saturated rings. The molecular weight excluding hydrogens is 456 g/mol.